The maximum atomic E-state index is 12.1. The molecule has 102 valence electrons. The van der Waals surface area contributed by atoms with Gasteiger partial charge in [0.1, 0.15) is 5.75 Å². The molecule has 1 aromatic rings. The van der Waals surface area contributed by atoms with Crippen molar-refractivity contribution >= 4 is 5.91 Å². The zero-order chi connectivity index (χ0) is 13.5. The molecule has 0 radical (unpaired) electrons. The lowest BCUT2D eigenvalue weighted by molar-refractivity contribution is 0.0951. The Hall–Kier alpha value is -1.77. The molecule has 0 saturated heterocycles. The fourth-order valence-electron chi connectivity index (χ4n) is 2.40. The van der Waals surface area contributed by atoms with Gasteiger partial charge >= 0.3 is 0 Å². The van der Waals surface area contributed by atoms with E-state index in [9.17, 15) is 4.79 Å². The van der Waals surface area contributed by atoms with Gasteiger partial charge in [-0.05, 0) is 44.2 Å². The van der Waals surface area contributed by atoms with Crippen molar-refractivity contribution in [1.82, 2.24) is 5.32 Å². The Labute approximate surface area is 114 Å². The highest BCUT2D eigenvalue weighted by Gasteiger charge is 2.11. The SMILES string of the molecule is COc1ccccc1C(=O)NCCC1=CCCCC1. The number of ether oxygens (including phenoxy) is 1. The van der Waals surface area contributed by atoms with Crippen LogP contribution in [0.2, 0.25) is 0 Å². The molecule has 0 bridgehead atoms. The van der Waals surface area contributed by atoms with Gasteiger partial charge in [0.2, 0.25) is 0 Å². The quantitative estimate of drug-likeness (QED) is 0.824. The highest BCUT2D eigenvalue weighted by atomic mass is 16.5. The van der Waals surface area contributed by atoms with Gasteiger partial charge in [0.15, 0.2) is 0 Å². The van der Waals surface area contributed by atoms with Crippen LogP contribution in [0, 0.1) is 0 Å². The Kier molecular flexibility index (Phi) is 5.01. The third-order valence-electron chi connectivity index (χ3n) is 3.47. The van der Waals surface area contributed by atoms with Gasteiger partial charge in [-0.3, -0.25) is 4.79 Å². The van der Waals surface area contributed by atoms with E-state index in [-0.39, 0.29) is 5.91 Å². The first kappa shape index (κ1) is 13.7. The largest absolute Gasteiger partial charge is 0.496 e. The van der Waals surface area contributed by atoms with Gasteiger partial charge in [0.25, 0.3) is 5.91 Å². The second kappa shape index (κ2) is 6.98. The Morgan fingerprint density at radius 2 is 2.16 bits per heavy atom. The summed E-state index contributed by atoms with van der Waals surface area (Å²) >= 11 is 0. The fraction of sp³-hybridized carbons (Fsp3) is 0.438. The van der Waals surface area contributed by atoms with Crippen LogP contribution in [0.3, 0.4) is 0 Å². The Balaban J connectivity index is 1.85. The summed E-state index contributed by atoms with van der Waals surface area (Å²) in [6, 6.07) is 7.30. The van der Waals surface area contributed by atoms with E-state index in [1.807, 2.05) is 12.1 Å². The number of benzene rings is 1. The van der Waals surface area contributed by atoms with Crippen molar-refractivity contribution in [3.63, 3.8) is 0 Å². The normalized spacial score (nSPS) is 14.7. The van der Waals surface area contributed by atoms with Gasteiger partial charge < -0.3 is 10.1 Å². The van der Waals surface area contributed by atoms with Crippen molar-refractivity contribution in [2.45, 2.75) is 32.1 Å². The van der Waals surface area contributed by atoms with Gasteiger partial charge in [-0.1, -0.05) is 23.8 Å². The number of carbonyl (C=O) groups excluding carboxylic acids is 1. The molecule has 0 spiro atoms. The number of allylic oxidation sites excluding steroid dienone is 1. The van der Waals surface area contributed by atoms with Crippen LogP contribution in [0.5, 0.6) is 5.75 Å². The number of methoxy groups -OCH3 is 1. The number of amides is 1. The maximum absolute atomic E-state index is 12.1. The molecule has 0 atom stereocenters. The Morgan fingerprint density at radius 1 is 1.32 bits per heavy atom. The number of carbonyl (C=O) groups is 1. The van der Waals surface area contributed by atoms with E-state index in [1.165, 1.54) is 31.3 Å². The first-order chi connectivity index (χ1) is 9.31. The van der Waals surface area contributed by atoms with Crippen LogP contribution < -0.4 is 10.1 Å². The van der Waals surface area contributed by atoms with Gasteiger partial charge in [0.05, 0.1) is 12.7 Å². The van der Waals surface area contributed by atoms with Crippen LogP contribution in [-0.2, 0) is 0 Å². The monoisotopic (exact) mass is 259 g/mol. The van der Waals surface area contributed by atoms with Crippen molar-refractivity contribution in [2.75, 3.05) is 13.7 Å². The van der Waals surface area contributed by atoms with Gasteiger partial charge in [-0.2, -0.15) is 0 Å². The molecule has 1 aromatic carbocycles. The molecule has 0 fully saturated rings. The lowest BCUT2D eigenvalue weighted by atomic mass is 9.97. The minimum atomic E-state index is -0.0612. The van der Waals surface area contributed by atoms with E-state index in [1.54, 1.807) is 19.2 Å². The van der Waals surface area contributed by atoms with E-state index < -0.39 is 0 Å². The van der Waals surface area contributed by atoms with E-state index in [0.717, 1.165) is 6.42 Å². The highest BCUT2D eigenvalue weighted by molar-refractivity contribution is 5.96. The summed E-state index contributed by atoms with van der Waals surface area (Å²) in [7, 11) is 1.58. The summed E-state index contributed by atoms with van der Waals surface area (Å²) in [4.78, 5) is 12.1. The lowest BCUT2D eigenvalue weighted by Crippen LogP contribution is -2.25. The minimum Gasteiger partial charge on any atom is -0.496 e. The van der Waals surface area contributed by atoms with Crippen LogP contribution in [0.15, 0.2) is 35.9 Å². The predicted octanol–water partition coefficient (Wildman–Crippen LogP) is 3.32. The topological polar surface area (TPSA) is 38.3 Å². The van der Waals surface area contributed by atoms with Crippen LogP contribution in [-0.4, -0.2) is 19.6 Å². The third-order valence-corrected chi connectivity index (χ3v) is 3.47. The molecule has 19 heavy (non-hydrogen) atoms. The average molecular weight is 259 g/mol. The summed E-state index contributed by atoms with van der Waals surface area (Å²) < 4.78 is 5.19. The summed E-state index contributed by atoms with van der Waals surface area (Å²) in [6.45, 7) is 0.697. The molecular formula is C16H21NO2. The maximum Gasteiger partial charge on any atom is 0.255 e. The number of rotatable bonds is 5. The highest BCUT2D eigenvalue weighted by Crippen LogP contribution is 2.20. The average Bonchev–Trinajstić information content (AvgIpc) is 2.48. The first-order valence-corrected chi connectivity index (χ1v) is 6.90. The summed E-state index contributed by atoms with van der Waals surface area (Å²) in [6.07, 6.45) is 8.24. The number of nitrogens with one attached hydrogen (secondary N) is 1. The molecule has 3 heteroatoms. The minimum absolute atomic E-state index is 0.0612. The van der Waals surface area contributed by atoms with Crippen LogP contribution in [0.1, 0.15) is 42.5 Å². The number of hydrogen-bond acceptors (Lipinski definition) is 2. The zero-order valence-corrected chi connectivity index (χ0v) is 11.4. The van der Waals surface area contributed by atoms with E-state index >= 15 is 0 Å². The molecule has 1 N–H and O–H groups in total. The van der Waals surface area contributed by atoms with Crippen molar-refractivity contribution < 1.29 is 9.53 Å². The van der Waals surface area contributed by atoms with Crippen molar-refractivity contribution in [3.8, 4) is 5.75 Å². The smallest absolute Gasteiger partial charge is 0.255 e. The molecule has 2 rings (SSSR count). The molecule has 0 unspecified atom stereocenters. The predicted molar refractivity (Wildman–Crippen MR) is 76.5 cm³/mol. The lowest BCUT2D eigenvalue weighted by Gasteiger charge is -2.13. The van der Waals surface area contributed by atoms with E-state index in [4.69, 9.17) is 4.74 Å². The standard InChI is InChI=1S/C16H21NO2/c1-19-15-10-6-5-9-14(15)16(18)17-12-11-13-7-3-2-4-8-13/h5-7,9-10H,2-4,8,11-12H2,1H3,(H,17,18). The summed E-state index contributed by atoms with van der Waals surface area (Å²) in [5.41, 5.74) is 2.08. The van der Waals surface area contributed by atoms with Crippen LogP contribution in [0.4, 0.5) is 0 Å². The Bertz CT molecular complexity index is 466. The molecule has 3 nitrogen and oxygen atoms in total. The number of hydrogen-bond donors (Lipinski definition) is 1. The molecule has 0 saturated carbocycles. The molecule has 1 aliphatic carbocycles. The molecule has 1 amide bonds. The van der Waals surface area contributed by atoms with E-state index in [2.05, 4.69) is 11.4 Å². The summed E-state index contributed by atoms with van der Waals surface area (Å²) in [5, 5.41) is 2.96. The fourth-order valence-corrected chi connectivity index (χ4v) is 2.40. The van der Waals surface area contributed by atoms with Crippen LogP contribution in [0.25, 0.3) is 0 Å². The third kappa shape index (κ3) is 3.85. The van der Waals surface area contributed by atoms with Gasteiger partial charge in [0, 0.05) is 6.54 Å². The molecule has 0 heterocycles. The van der Waals surface area contributed by atoms with Crippen LogP contribution >= 0.6 is 0 Å². The second-order valence-electron chi connectivity index (χ2n) is 4.81. The number of para-hydroxylation sites is 1. The van der Waals surface area contributed by atoms with Crippen molar-refractivity contribution in [3.05, 3.63) is 41.5 Å². The molecule has 1 aliphatic rings. The second-order valence-corrected chi connectivity index (χ2v) is 4.81. The van der Waals surface area contributed by atoms with Crippen molar-refractivity contribution in [1.29, 1.82) is 0 Å². The zero-order valence-electron chi connectivity index (χ0n) is 11.4. The molecular weight excluding hydrogens is 238 g/mol. The molecule has 0 aromatic heterocycles. The first-order valence-electron chi connectivity index (χ1n) is 6.90. The Morgan fingerprint density at radius 3 is 2.89 bits per heavy atom. The summed E-state index contributed by atoms with van der Waals surface area (Å²) in [5.74, 6) is 0.561. The van der Waals surface area contributed by atoms with E-state index in [0.29, 0.717) is 17.9 Å². The van der Waals surface area contributed by atoms with Gasteiger partial charge in [-0.15, -0.1) is 0 Å². The van der Waals surface area contributed by atoms with Gasteiger partial charge in [-0.25, -0.2) is 0 Å². The molecule has 0 aliphatic heterocycles. The van der Waals surface area contributed by atoms with Crippen molar-refractivity contribution in [2.24, 2.45) is 0 Å².